The molecule has 1 N–H and O–H groups in total. The molecule has 2 aromatic heterocycles. The third-order valence-electron chi connectivity index (χ3n) is 5.61. The molecular formula is C27H29N3. The molecule has 0 aliphatic heterocycles. The highest BCUT2D eigenvalue weighted by Crippen LogP contribution is 2.36. The van der Waals surface area contributed by atoms with E-state index in [9.17, 15) is 0 Å². The van der Waals surface area contributed by atoms with E-state index < -0.39 is 0 Å². The second kappa shape index (κ2) is 7.56. The molecule has 2 aromatic carbocycles. The molecule has 4 aromatic rings. The molecule has 0 radical (unpaired) electrons. The van der Waals surface area contributed by atoms with Crippen LogP contribution in [0.1, 0.15) is 43.0 Å². The van der Waals surface area contributed by atoms with Crippen molar-refractivity contribution < 1.29 is 0 Å². The minimum atomic E-state index is 0.124. The van der Waals surface area contributed by atoms with Crippen molar-refractivity contribution in [2.75, 3.05) is 0 Å². The SMILES string of the molecule is Cc1cc(C)c(-c2nc(-c3ccc(C(C)(C)C)cc3)c(-c3ccncc3)[nH]2)c(C)c1. The van der Waals surface area contributed by atoms with E-state index in [1.165, 1.54) is 27.8 Å². The first-order chi connectivity index (χ1) is 14.2. The lowest BCUT2D eigenvalue weighted by molar-refractivity contribution is 0.590. The summed E-state index contributed by atoms with van der Waals surface area (Å²) in [5, 5.41) is 0. The molecule has 0 bridgehead atoms. The highest BCUT2D eigenvalue weighted by Gasteiger charge is 2.19. The quantitative estimate of drug-likeness (QED) is 0.404. The van der Waals surface area contributed by atoms with Gasteiger partial charge in [-0.25, -0.2) is 4.98 Å². The van der Waals surface area contributed by atoms with Gasteiger partial charge in [-0.3, -0.25) is 4.98 Å². The number of H-pyrrole nitrogens is 1. The predicted molar refractivity (Wildman–Crippen MR) is 126 cm³/mol. The van der Waals surface area contributed by atoms with Gasteiger partial charge in [0, 0.05) is 29.1 Å². The van der Waals surface area contributed by atoms with Crippen LogP contribution in [-0.4, -0.2) is 15.0 Å². The monoisotopic (exact) mass is 395 g/mol. The standard InChI is InChI=1S/C27H29N3/c1-17-15-18(2)23(19(3)16-17)26-29-24(25(30-26)21-11-13-28-14-12-21)20-7-9-22(10-8-20)27(4,5)6/h7-16H,1-6H3,(H,29,30). The normalized spacial score (nSPS) is 11.7. The summed E-state index contributed by atoms with van der Waals surface area (Å²) in [6, 6.07) is 17.3. The van der Waals surface area contributed by atoms with E-state index in [0.717, 1.165) is 28.3 Å². The highest BCUT2D eigenvalue weighted by molar-refractivity contribution is 5.82. The molecule has 2 heterocycles. The average Bonchev–Trinajstić information content (AvgIpc) is 3.12. The molecule has 0 saturated carbocycles. The minimum absolute atomic E-state index is 0.124. The van der Waals surface area contributed by atoms with Gasteiger partial charge in [0.1, 0.15) is 5.82 Å². The van der Waals surface area contributed by atoms with Gasteiger partial charge in [-0.05, 0) is 55.0 Å². The largest absolute Gasteiger partial charge is 0.337 e. The second-order valence-corrected chi connectivity index (χ2v) is 9.15. The third kappa shape index (κ3) is 3.80. The van der Waals surface area contributed by atoms with Crippen LogP contribution in [0.15, 0.2) is 60.9 Å². The van der Waals surface area contributed by atoms with Crippen molar-refractivity contribution in [2.24, 2.45) is 0 Å². The third-order valence-corrected chi connectivity index (χ3v) is 5.61. The number of imidazole rings is 1. The van der Waals surface area contributed by atoms with Crippen molar-refractivity contribution in [3.63, 3.8) is 0 Å². The Morgan fingerprint density at radius 3 is 1.93 bits per heavy atom. The van der Waals surface area contributed by atoms with E-state index in [-0.39, 0.29) is 5.41 Å². The Kier molecular flexibility index (Phi) is 5.07. The number of nitrogens with one attached hydrogen (secondary N) is 1. The van der Waals surface area contributed by atoms with Crippen LogP contribution in [0.4, 0.5) is 0 Å². The molecule has 0 unspecified atom stereocenters. The fourth-order valence-electron chi connectivity index (χ4n) is 4.11. The smallest absolute Gasteiger partial charge is 0.139 e. The van der Waals surface area contributed by atoms with Crippen molar-refractivity contribution in [2.45, 2.75) is 47.0 Å². The molecule has 0 fully saturated rings. The number of benzene rings is 2. The number of nitrogens with zero attached hydrogens (tertiary/aromatic N) is 2. The Hall–Kier alpha value is -3.20. The van der Waals surface area contributed by atoms with Crippen LogP contribution in [0.25, 0.3) is 33.9 Å². The number of aromatic nitrogens is 3. The topological polar surface area (TPSA) is 41.6 Å². The molecule has 4 rings (SSSR count). The first kappa shape index (κ1) is 20.1. The summed E-state index contributed by atoms with van der Waals surface area (Å²) in [6.45, 7) is 13.2. The number of hydrogen-bond acceptors (Lipinski definition) is 2. The maximum atomic E-state index is 5.09. The molecule has 30 heavy (non-hydrogen) atoms. The number of rotatable bonds is 3. The predicted octanol–water partition coefficient (Wildman–Crippen LogP) is 7.03. The van der Waals surface area contributed by atoms with E-state index in [4.69, 9.17) is 4.98 Å². The maximum absolute atomic E-state index is 5.09. The van der Waals surface area contributed by atoms with E-state index in [1.807, 2.05) is 24.5 Å². The Balaban J connectivity index is 1.90. The van der Waals surface area contributed by atoms with Gasteiger partial charge in [0.25, 0.3) is 0 Å². The molecule has 3 heteroatoms. The summed E-state index contributed by atoms with van der Waals surface area (Å²) in [5.41, 5.74) is 10.5. The van der Waals surface area contributed by atoms with E-state index in [2.05, 4.69) is 87.9 Å². The van der Waals surface area contributed by atoms with Crippen molar-refractivity contribution >= 4 is 0 Å². The first-order valence-electron chi connectivity index (χ1n) is 10.4. The lowest BCUT2D eigenvalue weighted by Gasteiger charge is -2.19. The molecular weight excluding hydrogens is 366 g/mol. The van der Waals surface area contributed by atoms with Crippen LogP contribution in [0, 0.1) is 20.8 Å². The van der Waals surface area contributed by atoms with E-state index in [0.29, 0.717) is 0 Å². The summed E-state index contributed by atoms with van der Waals surface area (Å²) in [6.07, 6.45) is 3.65. The van der Waals surface area contributed by atoms with Crippen molar-refractivity contribution in [1.82, 2.24) is 15.0 Å². The number of pyridine rings is 1. The molecule has 0 atom stereocenters. The van der Waals surface area contributed by atoms with Crippen LogP contribution in [0.3, 0.4) is 0 Å². The average molecular weight is 396 g/mol. The fraction of sp³-hybridized carbons (Fsp3) is 0.259. The Morgan fingerprint density at radius 2 is 1.37 bits per heavy atom. The molecule has 152 valence electrons. The zero-order valence-corrected chi connectivity index (χ0v) is 18.7. The van der Waals surface area contributed by atoms with Crippen LogP contribution >= 0.6 is 0 Å². The van der Waals surface area contributed by atoms with Gasteiger partial charge >= 0.3 is 0 Å². The molecule has 3 nitrogen and oxygen atoms in total. The first-order valence-corrected chi connectivity index (χ1v) is 10.4. The Labute approximate surface area is 179 Å². The van der Waals surface area contributed by atoms with Gasteiger partial charge in [-0.15, -0.1) is 0 Å². The Morgan fingerprint density at radius 1 is 0.767 bits per heavy atom. The van der Waals surface area contributed by atoms with Crippen LogP contribution in [0.2, 0.25) is 0 Å². The van der Waals surface area contributed by atoms with Gasteiger partial charge in [0.15, 0.2) is 0 Å². The number of aromatic amines is 1. The summed E-state index contributed by atoms with van der Waals surface area (Å²) >= 11 is 0. The molecule has 0 saturated heterocycles. The highest BCUT2D eigenvalue weighted by atomic mass is 14.9. The zero-order chi connectivity index (χ0) is 21.5. The minimum Gasteiger partial charge on any atom is -0.337 e. The van der Waals surface area contributed by atoms with Crippen molar-refractivity contribution in [3.05, 3.63) is 83.2 Å². The number of hydrogen-bond donors (Lipinski definition) is 1. The van der Waals surface area contributed by atoms with Gasteiger partial charge in [-0.2, -0.15) is 0 Å². The molecule has 0 aliphatic rings. The molecule has 0 amide bonds. The zero-order valence-electron chi connectivity index (χ0n) is 18.7. The second-order valence-electron chi connectivity index (χ2n) is 9.15. The lowest BCUT2D eigenvalue weighted by atomic mass is 9.86. The summed E-state index contributed by atoms with van der Waals surface area (Å²) in [7, 11) is 0. The number of aryl methyl sites for hydroxylation is 3. The summed E-state index contributed by atoms with van der Waals surface area (Å²) in [4.78, 5) is 12.9. The van der Waals surface area contributed by atoms with Crippen LogP contribution in [0.5, 0.6) is 0 Å². The molecule has 0 aliphatic carbocycles. The van der Waals surface area contributed by atoms with Gasteiger partial charge in [0.2, 0.25) is 0 Å². The van der Waals surface area contributed by atoms with Crippen LogP contribution < -0.4 is 0 Å². The maximum Gasteiger partial charge on any atom is 0.139 e. The van der Waals surface area contributed by atoms with E-state index >= 15 is 0 Å². The lowest BCUT2D eigenvalue weighted by Crippen LogP contribution is -2.10. The van der Waals surface area contributed by atoms with Gasteiger partial charge < -0.3 is 4.98 Å². The Bertz CT molecular complexity index is 1150. The van der Waals surface area contributed by atoms with Gasteiger partial charge in [-0.1, -0.05) is 62.7 Å². The summed E-state index contributed by atoms with van der Waals surface area (Å²) in [5.74, 6) is 0.909. The van der Waals surface area contributed by atoms with Gasteiger partial charge in [0.05, 0.1) is 11.4 Å². The van der Waals surface area contributed by atoms with Crippen molar-refractivity contribution in [1.29, 1.82) is 0 Å². The fourth-order valence-corrected chi connectivity index (χ4v) is 4.11. The van der Waals surface area contributed by atoms with Crippen LogP contribution in [-0.2, 0) is 5.41 Å². The van der Waals surface area contributed by atoms with Crippen molar-refractivity contribution in [3.8, 4) is 33.9 Å². The van der Waals surface area contributed by atoms with E-state index in [1.54, 1.807) is 0 Å². The summed E-state index contributed by atoms with van der Waals surface area (Å²) < 4.78 is 0. The molecule has 0 spiro atoms.